The van der Waals surface area contributed by atoms with Crippen LogP contribution in [-0.4, -0.2) is 36.4 Å². The van der Waals surface area contributed by atoms with Gasteiger partial charge < -0.3 is 19.6 Å². The molecule has 6 heteroatoms. The zero-order valence-electron chi connectivity index (χ0n) is 10.2. The second-order valence-corrected chi connectivity index (χ2v) is 5.36. The van der Waals surface area contributed by atoms with Gasteiger partial charge in [0.05, 0.1) is 5.60 Å². The normalized spacial score (nSPS) is 18.6. The number of carbonyl (C=O) groups is 1. The summed E-state index contributed by atoms with van der Waals surface area (Å²) in [6.07, 6.45) is 1.07. The first kappa shape index (κ1) is 13.6. The number of amides is 1. The molecule has 5 nitrogen and oxygen atoms in total. The third-order valence-electron chi connectivity index (χ3n) is 3.10. The second kappa shape index (κ2) is 5.42. The molecule has 1 aromatic rings. The number of halogens is 1. The highest BCUT2D eigenvalue weighted by molar-refractivity contribution is 9.10. The maximum absolute atomic E-state index is 11.9. The van der Waals surface area contributed by atoms with Crippen LogP contribution in [0.2, 0.25) is 0 Å². The fourth-order valence-electron chi connectivity index (χ4n) is 1.92. The number of ether oxygens (including phenoxy) is 1. The molecular weight excluding hydrogens is 302 g/mol. The van der Waals surface area contributed by atoms with Crippen molar-refractivity contribution in [1.82, 2.24) is 5.32 Å². The first-order valence-corrected chi connectivity index (χ1v) is 6.64. The van der Waals surface area contributed by atoms with Gasteiger partial charge in [-0.05, 0) is 28.9 Å². The molecule has 1 aromatic heterocycles. The first-order valence-electron chi connectivity index (χ1n) is 5.84. The highest BCUT2D eigenvalue weighted by Crippen LogP contribution is 2.21. The summed E-state index contributed by atoms with van der Waals surface area (Å²) < 4.78 is 11.0. The zero-order valence-corrected chi connectivity index (χ0v) is 11.7. The Labute approximate surface area is 114 Å². The van der Waals surface area contributed by atoms with E-state index in [1.165, 1.54) is 0 Å². The van der Waals surface area contributed by atoms with Crippen LogP contribution in [-0.2, 0) is 4.74 Å². The molecule has 1 aliphatic rings. The van der Waals surface area contributed by atoms with Crippen LogP contribution in [0, 0.1) is 6.92 Å². The van der Waals surface area contributed by atoms with Gasteiger partial charge in [0.15, 0.2) is 10.4 Å². The van der Waals surface area contributed by atoms with Crippen molar-refractivity contribution in [3.05, 3.63) is 22.1 Å². The van der Waals surface area contributed by atoms with Gasteiger partial charge in [0.2, 0.25) is 0 Å². The molecule has 0 bridgehead atoms. The average molecular weight is 318 g/mol. The van der Waals surface area contributed by atoms with Gasteiger partial charge in [-0.1, -0.05) is 0 Å². The largest absolute Gasteiger partial charge is 0.444 e. The van der Waals surface area contributed by atoms with E-state index in [-0.39, 0.29) is 18.2 Å². The van der Waals surface area contributed by atoms with Crippen LogP contribution in [0.15, 0.2) is 15.2 Å². The standard InChI is InChI=1S/C12H16BrNO4/c1-8-6-9(13)18-10(8)11(15)14-7-12(16)2-4-17-5-3-12/h6,16H,2-5,7H2,1H3,(H,14,15). The molecule has 1 aliphatic heterocycles. The molecule has 100 valence electrons. The summed E-state index contributed by atoms with van der Waals surface area (Å²) in [5, 5.41) is 12.9. The van der Waals surface area contributed by atoms with Gasteiger partial charge in [0, 0.05) is 38.2 Å². The Bertz CT molecular complexity index is 437. The molecule has 2 N–H and O–H groups in total. The highest BCUT2D eigenvalue weighted by Gasteiger charge is 2.30. The second-order valence-electron chi connectivity index (χ2n) is 4.58. The third-order valence-corrected chi connectivity index (χ3v) is 3.49. The van der Waals surface area contributed by atoms with E-state index in [2.05, 4.69) is 21.2 Å². The Kier molecular flexibility index (Phi) is 4.09. The van der Waals surface area contributed by atoms with Crippen LogP contribution in [0.3, 0.4) is 0 Å². The lowest BCUT2D eigenvalue weighted by Gasteiger charge is -2.31. The van der Waals surface area contributed by atoms with E-state index in [1.54, 1.807) is 13.0 Å². The molecule has 0 aliphatic carbocycles. The summed E-state index contributed by atoms with van der Waals surface area (Å²) in [6, 6.07) is 1.73. The van der Waals surface area contributed by atoms with E-state index in [4.69, 9.17) is 9.15 Å². The van der Waals surface area contributed by atoms with Crippen molar-refractivity contribution >= 4 is 21.8 Å². The van der Waals surface area contributed by atoms with Crippen LogP contribution in [0.1, 0.15) is 29.0 Å². The van der Waals surface area contributed by atoms with Crippen LogP contribution >= 0.6 is 15.9 Å². The van der Waals surface area contributed by atoms with E-state index in [0.29, 0.717) is 30.7 Å². The molecule has 0 radical (unpaired) electrons. The summed E-state index contributed by atoms with van der Waals surface area (Å²) in [4.78, 5) is 11.9. The Morgan fingerprint density at radius 3 is 2.78 bits per heavy atom. The Hall–Kier alpha value is -0.850. The van der Waals surface area contributed by atoms with E-state index in [9.17, 15) is 9.90 Å². The number of hydrogen-bond donors (Lipinski definition) is 2. The molecule has 1 fully saturated rings. The molecule has 0 aromatic carbocycles. The number of aryl methyl sites for hydroxylation is 1. The predicted molar refractivity (Wildman–Crippen MR) is 68.5 cm³/mol. The summed E-state index contributed by atoms with van der Waals surface area (Å²) in [5.41, 5.74) is -0.107. The minimum atomic E-state index is -0.869. The van der Waals surface area contributed by atoms with Crippen molar-refractivity contribution in [2.45, 2.75) is 25.4 Å². The lowest BCUT2D eigenvalue weighted by atomic mass is 9.94. The van der Waals surface area contributed by atoms with E-state index in [1.807, 2.05) is 0 Å². The number of aliphatic hydroxyl groups is 1. The molecule has 18 heavy (non-hydrogen) atoms. The van der Waals surface area contributed by atoms with Crippen molar-refractivity contribution in [2.75, 3.05) is 19.8 Å². The Balaban J connectivity index is 1.94. The van der Waals surface area contributed by atoms with Gasteiger partial charge in [-0.15, -0.1) is 0 Å². The van der Waals surface area contributed by atoms with Crippen LogP contribution in [0.4, 0.5) is 0 Å². The zero-order chi connectivity index (χ0) is 13.2. The summed E-state index contributed by atoms with van der Waals surface area (Å²) in [7, 11) is 0. The van der Waals surface area contributed by atoms with Gasteiger partial charge in [0.1, 0.15) is 0 Å². The van der Waals surface area contributed by atoms with Gasteiger partial charge in [-0.3, -0.25) is 4.79 Å². The molecule has 0 unspecified atom stereocenters. The molecule has 1 saturated heterocycles. The van der Waals surface area contributed by atoms with Gasteiger partial charge in [0.25, 0.3) is 5.91 Å². The van der Waals surface area contributed by atoms with Crippen molar-refractivity contribution in [2.24, 2.45) is 0 Å². The van der Waals surface area contributed by atoms with Crippen molar-refractivity contribution in [1.29, 1.82) is 0 Å². The number of rotatable bonds is 3. The number of hydrogen-bond acceptors (Lipinski definition) is 4. The molecule has 2 rings (SSSR count). The fraction of sp³-hybridized carbons (Fsp3) is 0.583. The van der Waals surface area contributed by atoms with E-state index < -0.39 is 5.60 Å². The SMILES string of the molecule is Cc1cc(Br)oc1C(=O)NCC1(O)CCOCC1. The average Bonchev–Trinajstić information content (AvgIpc) is 2.67. The van der Waals surface area contributed by atoms with Crippen LogP contribution in [0.5, 0.6) is 0 Å². The smallest absolute Gasteiger partial charge is 0.287 e. The topological polar surface area (TPSA) is 71.7 Å². The molecule has 2 heterocycles. The summed E-state index contributed by atoms with van der Waals surface area (Å²) in [5.74, 6) is -0.0318. The minimum Gasteiger partial charge on any atom is -0.444 e. The van der Waals surface area contributed by atoms with Crippen molar-refractivity contribution < 1.29 is 19.1 Å². The van der Waals surface area contributed by atoms with Gasteiger partial charge in [-0.2, -0.15) is 0 Å². The van der Waals surface area contributed by atoms with E-state index in [0.717, 1.165) is 5.56 Å². The predicted octanol–water partition coefficient (Wildman–Crippen LogP) is 1.62. The van der Waals surface area contributed by atoms with Crippen LogP contribution < -0.4 is 5.32 Å². The van der Waals surface area contributed by atoms with Crippen molar-refractivity contribution in [3.8, 4) is 0 Å². The lowest BCUT2D eigenvalue weighted by Crippen LogP contribution is -2.46. The number of furan rings is 1. The maximum Gasteiger partial charge on any atom is 0.287 e. The van der Waals surface area contributed by atoms with Gasteiger partial charge in [-0.25, -0.2) is 0 Å². The lowest BCUT2D eigenvalue weighted by molar-refractivity contribution is -0.0605. The van der Waals surface area contributed by atoms with Gasteiger partial charge >= 0.3 is 0 Å². The summed E-state index contributed by atoms with van der Waals surface area (Å²) >= 11 is 3.18. The third kappa shape index (κ3) is 3.13. The quantitative estimate of drug-likeness (QED) is 0.888. The maximum atomic E-state index is 11.9. The van der Waals surface area contributed by atoms with Crippen molar-refractivity contribution in [3.63, 3.8) is 0 Å². The Morgan fingerprint density at radius 2 is 2.22 bits per heavy atom. The number of nitrogens with one attached hydrogen (secondary N) is 1. The minimum absolute atomic E-state index is 0.215. The Morgan fingerprint density at radius 1 is 1.56 bits per heavy atom. The highest BCUT2D eigenvalue weighted by atomic mass is 79.9. The number of carbonyl (C=O) groups excluding carboxylic acids is 1. The molecule has 1 amide bonds. The molecule has 0 saturated carbocycles. The summed E-state index contributed by atoms with van der Waals surface area (Å²) in [6.45, 7) is 3.06. The van der Waals surface area contributed by atoms with E-state index >= 15 is 0 Å². The molecule has 0 atom stereocenters. The van der Waals surface area contributed by atoms with Crippen LogP contribution in [0.25, 0.3) is 0 Å². The molecular formula is C12H16BrNO4. The fourth-order valence-corrected chi connectivity index (χ4v) is 2.43. The monoisotopic (exact) mass is 317 g/mol. The first-order chi connectivity index (χ1) is 8.50. The molecule has 0 spiro atoms.